The molecule has 0 saturated carbocycles. The Kier molecular flexibility index (Phi) is 1.93. The summed E-state index contributed by atoms with van der Waals surface area (Å²) in [6.45, 7) is 3.84. The van der Waals surface area contributed by atoms with Crippen LogP contribution in [0.2, 0.25) is 0 Å². The molecule has 1 heterocycles. The molecular weight excluding hydrogens is 180 g/mol. The Morgan fingerprint density at radius 2 is 2.00 bits per heavy atom. The molecular formula is C10H12N2O2. The number of fused-ring (bicyclic) bond motifs is 1. The van der Waals surface area contributed by atoms with Gasteiger partial charge in [-0.05, 0) is 31.0 Å². The van der Waals surface area contributed by atoms with Crippen molar-refractivity contribution < 1.29 is 9.90 Å². The molecule has 0 saturated heterocycles. The first-order chi connectivity index (χ1) is 6.58. The first-order valence-corrected chi connectivity index (χ1v) is 4.44. The lowest BCUT2D eigenvalue weighted by atomic mass is 10.0. The van der Waals surface area contributed by atoms with Gasteiger partial charge in [0.05, 0.1) is 11.3 Å². The second-order valence-corrected chi connectivity index (χ2v) is 3.52. The summed E-state index contributed by atoms with van der Waals surface area (Å²) in [5.74, 6) is -0.238. The number of nitrogens with one attached hydrogen (secondary N) is 2. The summed E-state index contributed by atoms with van der Waals surface area (Å²) in [6.07, 6.45) is -0.989. The molecule has 1 aliphatic heterocycles. The summed E-state index contributed by atoms with van der Waals surface area (Å²) >= 11 is 0. The Morgan fingerprint density at radius 1 is 1.29 bits per heavy atom. The minimum absolute atomic E-state index is 0.238. The van der Waals surface area contributed by atoms with Crippen molar-refractivity contribution in [2.75, 3.05) is 5.32 Å². The fourth-order valence-electron chi connectivity index (χ4n) is 1.71. The molecule has 0 fully saturated rings. The van der Waals surface area contributed by atoms with Gasteiger partial charge < -0.3 is 15.7 Å². The quantitative estimate of drug-likeness (QED) is 0.568. The third-order valence-electron chi connectivity index (χ3n) is 2.27. The molecule has 0 aromatic heterocycles. The zero-order chi connectivity index (χ0) is 10.3. The van der Waals surface area contributed by atoms with Crippen molar-refractivity contribution in [1.29, 1.82) is 0 Å². The molecule has 1 unspecified atom stereocenters. The molecule has 1 aliphatic rings. The molecule has 3 N–H and O–H groups in total. The molecule has 1 amide bonds. The van der Waals surface area contributed by atoms with Crippen LogP contribution in [0.25, 0.3) is 0 Å². The minimum atomic E-state index is -0.989. The Labute approximate surface area is 81.9 Å². The number of carbonyl (C=O) groups is 1. The summed E-state index contributed by atoms with van der Waals surface area (Å²) in [6, 6.07) is 3.77. The van der Waals surface area contributed by atoms with Gasteiger partial charge in [-0.25, -0.2) is 0 Å². The van der Waals surface area contributed by atoms with Gasteiger partial charge in [-0.1, -0.05) is 6.07 Å². The normalized spacial score (nSPS) is 19.6. The molecule has 4 heteroatoms. The van der Waals surface area contributed by atoms with Gasteiger partial charge in [-0.15, -0.1) is 0 Å². The van der Waals surface area contributed by atoms with Crippen LogP contribution in [0, 0.1) is 13.8 Å². The third kappa shape index (κ3) is 1.33. The van der Waals surface area contributed by atoms with Crippen molar-refractivity contribution in [3.63, 3.8) is 0 Å². The van der Waals surface area contributed by atoms with E-state index in [1.165, 1.54) is 0 Å². The lowest BCUT2D eigenvalue weighted by Gasteiger charge is -2.25. The van der Waals surface area contributed by atoms with Crippen molar-refractivity contribution in [2.45, 2.75) is 20.2 Å². The van der Waals surface area contributed by atoms with E-state index in [1.54, 1.807) is 6.07 Å². The van der Waals surface area contributed by atoms with Crippen LogP contribution in [0.4, 0.5) is 5.69 Å². The number of aliphatic hydroxyl groups excluding tert-OH is 1. The average Bonchev–Trinajstić information content (AvgIpc) is 2.07. The van der Waals surface area contributed by atoms with Gasteiger partial charge >= 0.3 is 0 Å². The van der Waals surface area contributed by atoms with Crippen LogP contribution in [-0.2, 0) is 0 Å². The molecule has 0 bridgehead atoms. The monoisotopic (exact) mass is 192 g/mol. The highest BCUT2D eigenvalue weighted by molar-refractivity contribution is 6.02. The number of hydrogen-bond donors (Lipinski definition) is 3. The number of amides is 1. The van der Waals surface area contributed by atoms with E-state index in [0.29, 0.717) is 11.3 Å². The highest BCUT2D eigenvalue weighted by Gasteiger charge is 2.22. The lowest BCUT2D eigenvalue weighted by molar-refractivity contribution is 0.0813. The Bertz CT molecular complexity index is 401. The van der Waals surface area contributed by atoms with Crippen LogP contribution < -0.4 is 10.6 Å². The first-order valence-electron chi connectivity index (χ1n) is 4.44. The van der Waals surface area contributed by atoms with Crippen LogP contribution in [0.15, 0.2) is 12.1 Å². The predicted molar refractivity (Wildman–Crippen MR) is 53.0 cm³/mol. The third-order valence-corrected chi connectivity index (χ3v) is 2.27. The average molecular weight is 192 g/mol. The van der Waals surface area contributed by atoms with Crippen molar-refractivity contribution in [3.8, 4) is 0 Å². The van der Waals surface area contributed by atoms with Gasteiger partial charge in [-0.2, -0.15) is 0 Å². The van der Waals surface area contributed by atoms with E-state index in [9.17, 15) is 9.90 Å². The molecule has 4 nitrogen and oxygen atoms in total. The largest absolute Gasteiger partial charge is 0.356 e. The molecule has 1 aromatic carbocycles. The van der Waals surface area contributed by atoms with Gasteiger partial charge in [-0.3, -0.25) is 4.79 Å². The maximum atomic E-state index is 11.5. The predicted octanol–water partition coefficient (Wildman–Crippen LogP) is 0.735. The maximum absolute atomic E-state index is 11.5. The molecule has 0 spiro atoms. The number of carbonyl (C=O) groups excluding carboxylic acids is 1. The highest BCUT2D eigenvalue weighted by Crippen LogP contribution is 2.25. The van der Waals surface area contributed by atoms with E-state index in [-0.39, 0.29) is 5.91 Å². The van der Waals surface area contributed by atoms with Crippen molar-refractivity contribution in [2.24, 2.45) is 0 Å². The summed E-state index contributed by atoms with van der Waals surface area (Å²) in [5, 5.41) is 14.5. The molecule has 0 radical (unpaired) electrons. The zero-order valence-electron chi connectivity index (χ0n) is 8.09. The fourth-order valence-corrected chi connectivity index (χ4v) is 1.71. The molecule has 0 aliphatic carbocycles. The fraction of sp³-hybridized carbons (Fsp3) is 0.300. The number of aryl methyl sites for hydroxylation is 2. The highest BCUT2D eigenvalue weighted by atomic mass is 16.3. The van der Waals surface area contributed by atoms with Gasteiger partial charge in [0.1, 0.15) is 0 Å². The van der Waals surface area contributed by atoms with E-state index >= 15 is 0 Å². The number of benzene rings is 1. The van der Waals surface area contributed by atoms with Gasteiger partial charge in [0, 0.05) is 0 Å². The van der Waals surface area contributed by atoms with E-state index in [2.05, 4.69) is 10.6 Å². The molecule has 2 rings (SSSR count). The number of aliphatic hydroxyl groups is 1. The van der Waals surface area contributed by atoms with Crippen LogP contribution in [-0.4, -0.2) is 17.4 Å². The van der Waals surface area contributed by atoms with E-state index in [4.69, 9.17) is 0 Å². The molecule has 1 aromatic rings. The van der Waals surface area contributed by atoms with E-state index in [1.807, 2.05) is 19.9 Å². The van der Waals surface area contributed by atoms with Crippen LogP contribution in [0.1, 0.15) is 21.5 Å². The maximum Gasteiger partial charge on any atom is 0.256 e. The lowest BCUT2D eigenvalue weighted by Crippen LogP contribution is -2.45. The Morgan fingerprint density at radius 3 is 2.71 bits per heavy atom. The molecule has 74 valence electrons. The van der Waals surface area contributed by atoms with E-state index in [0.717, 1.165) is 11.1 Å². The van der Waals surface area contributed by atoms with Gasteiger partial charge in [0.2, 0.25) is 6.35 Å². The summed E-state index contributed by atoms with van der Waals surface area (Å²) in [4.78, 5) is 11.5. The first kappa shape index (κ1) is 9.02. The number of anilines is 1. The van der Waals surface area contributed by atoms with Gasteiger partial charge in [0.15, 0.2) is 0 Å². The van der Waals surface area contributed by atoms with Gasteiger partial charge in [0.25, 0.3) is 5.91 Å². The van der Waals surface area contributed by atoms with Crippen molar-refractivity contribution in [1.82, 2.24) is 5.32 Å². The summed E-state index contributed by atoms with van der Waals surface area (Å²) < 4.78 is 0. The minimum Gasteiger partial charge on any atom is -0.356 e. The van der Waals surface area contributed by atoms with Crippen LogP contribution >= 0.6 is 0 Å². The second kappa shape index (κ2) is 2.99. The Hall–Kier alpha value is -1.55. The standard InChI is InChI=1S/C10H12N2O2/c1-5-3-6(2)8-7(4-5)9(13)12-10(14)11-8/h3-4,10-11,14H,1-2H3,(H,12,13). The SMILES string of the molecule is Cc1cc(C)c2c(c1)C(=O)NC(O)N2. The molecule has 14 heavy (non-hydrogen) atoms. The second-order valence-electron chi connectivity index (χ2n) is 3.52. The van der Waals surface area contributed by atoms with Crippen LogP contribution in [0.5, 0.6) is 0 Å². The zero-order valence-corrected chi connectivity index (χ0v) is 8.09. The smallest absolute Gasteiger partial charge is 0.256 e. The Balaban J connectivity index is 2.59. The summed E-state index contributed by atoms with van der Waals surface area (Å²) in [5.41, 5.74) is 3.31. The molecule has 1 atom stereocenters. The number of rotatable bonds is 0. The van der Waals surface area contributed by atoms with Crippen molar-refractivity contribution in [3.05, 3.63) is 28.8 Å². The van der Waals surface area contributed by atoms with E-state index < -0.39 is 6.35 Å². The summed E-state index contributed by atoms with van der Waals surface area (Å²) in [7, 11) is 0. The number of hydrogen-bond acceptors (Lipinski definition) is 3. The van der Waals surface area contributed by atoms with Crippen LogP contribution in [0.3, 0.4) is 0 Å². The topological polar surface area (TPSA) is 61.4 Å². The van der Waals surface area contributed by atoms with Crippen molar-refractivity contribution >= 4 is 11.6 Å².